The Labute approximate surface area is 192 Å². The first kappa shape index (κ1) is 21.9. The average Bonchev–Trinajstić information content (AvgIpc) is 3.29. The second-order valence-electron chi connectivity index (χ2n) is 8.61. The summed E-state index contributed by atoms with van der Waals surface area (Å²) in [6.45, 7) is 5.72. The molecule has 4 nitrogen and oxygen atoms in total. The number of hydrogen-bond acceptors (Lipinski definition) is 2. The van der Waals surface area contributed by atoms with Crippen molar-refractivity contribution in [2.75, 3.05) is 0 Å². The van der Waals surface area contributed by atoms with Crippen molar-refractivity contribution in [3.63, 3.8) is 0 Å². The van der Waals surface area contributed by atoms with Crippen molar-refractivity contribution in [3.05, 3.63) is 126 Å². The predicted molar refractivity (Wildman–Crippen MR) is 132 cm³/mol. The largest absolute Gasteiger partial charge is 0.318 e. The van der Waals surface area contributed by atoms with Gasteiger partial charge in [0.15, 0.2) is 0 Å². The van der Waals surface area contributed by atoms with Gasteiger partial charge in [0.1, 0.15) is 22.2 Å². The summed E-state index contributed by atoms with van der Waals surface area (Å²) in [6, 6.07) is 31.3. The van der Waals surface area contributed by atoms with Gasteiger partial charge in [-0.15, -0.1) is 0 Å². The molecule has 32 heavy (non-hydrogen) atoms. The highest BCUT2D eigenvalue weighted by molar-refractivity contribution is 7.85. The lowest BCUT2D eigenvalue weighted by Gasteiger charge is -2.37. The Morgan fingerprint density at radius 2 is 1.22 bits per heavy atom. The van der Waals surface area contributed by atoms with Gasteiger partial charge in [0.2, 0.25) is 0 Å². The van der Waals surface area contributed by atoms with Gasteiger partial charge >= 0.3 is 0 Å². The summed E-state index contributed by atoms with van der Waals surface area (Å²) in [7, 11) is -1.34. The molecule has 0 saturated carbocycles. The maximum Gasteiger partial charge on any atom is 0.144 e. The van der Waals surface area contributed by atoms with Gasteiger partial charge in [-0.1, -0.05) is 91.0 Å². The Morgan fingerprint density at radius 3 is 1.62 bits per heavy atom. The number of aromatic nitrogens is 2. The highest BCUT2D eigenvalue weighted by Crippen LogP contribution is 2.40. The fraction of sp³-hybridized carbons (Fsp3) is 0.185. The lowest BCUT2D eigenvalue weighted by Crippen LogP contribution is -2.36. The van der Waals surface area contributed by atoms with E-state index in [4.69, 9.17) is 0 Å². The van der Waals surface area contributed by atoms with Gasteiger partial charge in [-0.2, -0.15) is 4.40 Å². The molecule has 1 aromatic heterocycles. The van der Waals surface area contributed by atoms with Crippen LogP contribution in [0.1, 0.15) is 43.2 Å². The molecule has 0 bridgehead atoms. The van der Waals surface area contributed by atoms with E-state index in [9.17, 15) is 4.21 Å². The van der Waals surface area contributed by atoms with E-state index in [0.29, 0.717) is 5.69 Å². The summed E-state index contributed by atoms with van der Waals surface area (Å²) >= 11 is 0. The van der Waals surface area contributed by atoms with Gasteiger partial charge in [-0.3, -0.25) is 0 Å². The minimum absolute atomic E-state index is 0.416. The topological polar surface area (TPSA) is 47.2 Å². The molecular formula is C27H27N3OS. The van der Waals surface area contributed by atoms with Crippen molar-refractivity contribution >= 4 is 17.2 Å². The van der Waals surface area contributed by atoms with Crippen molar-refractivity contribution in [1.29, 1.82) is 0 Å². The van der Waals surface area contributed by atoms with Crippen LogP contribution in [0.25, 0.3) is 0 Å². The van der Waals surface area contributed by atoms with Crippen LogP contribution in [-0.4, -0.2) is 24.7 Å². The molecule has 0 fully saturated rings. The van der Waals surface area contributed by atoms with Crippen molar-refractivity contribution < 1.29 is 4.21 Å². The SMILES string of the molecule is CC(C)(C)[S@](=O)N=Cc1cn(C(c2ccccc2)(c2ccccc2)c2ccccc2)cn1. The van der Waals surface area contributed by atoms with Crippen LogP contribution in [0.3, 0.4) is 0 Å². The zero-order valence-electron chi connectivity index (χ0n) is 18.6. The van der Waals surface area contributed by atoms with E-state index in [1.165, 1.54) is 0 Å². The van der Waals surface area contributed by atoms with Gasteiger partial charge in [-0.05, 0) is 37.5 Å². The molecule has 0 aliphatic rings. The second kappa shape index (κ2) is 9.05. The average molecular weight is 442 g/mol. The monoisotopic (exact) mass is 441 g/mol. The lowest BCUT2D eigenvalue weighted by atomic mass is 9.77. The van der Waals surface area contributed by atoms with Crippen molar-refractivity contribution in [3.8, 4) is 0 Å². The van der Waals surface area contributed by atoms with Crippen LogP contribution in [0.15, 0.2) is 108 Å². The molecule has 4 aromatic rings. The van der Waals surface area contributed by atoms with Crippen molar-refractivity contribution in [1.82, 2.24) is 9.55 Å². The molecule has 0 aliphatic carbocycles. The van der Waals surface area contributed by atoms with Crippen LogP contribution < -0.4 is 0 Å². The van der Waals surface area contributed by atoms with E-state index in [1.54, 1.807) is 6.21 Å². The minimum Gasteiger partial charge on any atom is -0.318 e. The van der Waals surface area contributed by atoms with Gasteiger partial charge < -0.3 is 4.57 Å². The molecule has 0 aliphatic heterocycles. The van der Waals surface area contributed by atoms with Crippen LogP contribution in [0.2, 0.25) is 0 Å². The summed E-state index contributed by atoms with van der Waals surface area (Å²) < 4.78 is 18.3. The zero-order chi connectivity index (χ0) is 22.6. The number of hydrogen-bond donors (Lipinski definition) is 0. The summed E-state index contributed by atoms with van der Waals surface area (Å²) in [5.74, 6) is 0. The Kier molecular flexibility index (Phi) is 6.19. The number of benzene rings is 3. The fourth-order valence-electron chi connectivity index (χ4n) is 3.83. The van der Waals surface area contributed by atoms with Crippen molar-refractivity contribution in [2.24, 2.45) is 4.40 Å². The van der Waals surface area contributed by atoms with E-state index in [2.05, 4.69) is 86.7 Å². The summed E-state index contributed by atoms with van der Waals surface area (Å²) in [5.41, 5.74) is 3.41. The Morgan fingerprint density at radius 1 is 0.781 bits per heavy atom. The lowest BCUT2D eigenvalue weighted by molar-refractivity contribution is 0.514. The molecule has 0 saturated heterocycles. The zero-order valence-corrected chi connectivity index (χ0v) is 19.4. The van der Waals surface area contributed by atoms with Gasteiger partial charge in [0.25, 0.3) is 0 Å². The maximum atomic E-state index is 12.4. The molecule has 3 aromatic carbocycles. The third kappa shape index (κ3) is 4.21. The van der Waals surface area contributed by atoms with E-state index >= 15 is 0 Å². The van der Waals surface area contributed by atoms with Gasteiger partial charge in [0, 0.05) is 6.20 Å². The Bertz CT molecular complexity index is 1110. The third-order valence-corrected chi connectivity index (χ3v) is 6.71. The molecule has 1 heterocycles. The van der Waals surface area contributed by atoms with E-state index in [-0.39, 0.29) is 0 Å². The van der Waals surface area contributed by atoms with Gasteiger partial charge in [-0.25, -0.2) is 9.19 Å². The Hall–Kier alpha value is -3.31. The molecule has 0 amide bonds. The molecule has 0 spiro atoms. The molecule has 1 atom stereocenters. The molecular weight excluding hydrogens is 414 g/mol. The Balaban J connectivity index is 1.93. The number of rotatable bonds is 6. The van der Waals surface area contributed by atoms with Gasteiger partial charge in [0.05, 0.1) is 17.3 Å². The van der Waals surface area contributed by atoms with Crippen LogP contribution >= 0.6 is 0 Å². The molecule has 0 unspecified atom stereocenters. The first-order chi connectivity index (χ1) is 15.4. The standard InChI is InChI=1S/C27H27N3OS/c1-26(2,3)32(31)29-19-25-20-30(21-28-25)27(22-13-7-4-8-14-22,23-15-9-5-10-16-23)24-17-11-6-12-18-24/h4-21H,1-3H3/t32-/m0/s1. The molecule has 0 radical (unpaired) electrons. The molecule has 162 valence electrons. The first-order valence-electron chi connectivity index (χ1n) is 10.6. The number of imidazole rings is 1. The second-order valence-corrected chi connectivity index (χ2v) is 10.5. The third-order valence-electron chi connectivity index (χ3n) is 5.37. The summed E-state index contributed by atoms with van der Waals surface area (Å²) in [5, 5.41) is 0. The number of nitrogens with zero attached hydrogens (tertiary/aromatic N) is 3. The van der Waals surface area contributed by atoms with E-state index < -0.39 is 21.3 Å². The molecule has 0 N–H and O–H groups in total. The van der Waals surface area contributed by atoms with E-state index in [0.717, 1.165) is 16.7 Å². The quantitative estimate of drug-likeness (QED) is 0.289. The minimum atomic E-state index is -1.34. The summed E-state index contributed by atoms with van der Waals surface area (Å²) in [6.07, 6.45) is 5.40. The van der Waals surface area contributed by atoms with Crippen LogP contribution in [0.5, 0.6) is 0 Å². The summed E-state index contributed by atoms with van der Waals surface area (Å²) in [4.78, 5) is 4.59. The van der Waals surface area contributed by atoms with Crippen LogP contribution in [-0.2, 0) is 16.5 Å². The normalized spacial score (nSPS) is 13.3. The highest BCUT2D eigenvalue weighted by Gasteiger charge is 2.38. The highest BCUT2D eigenvalue weighted by atomic mass is 32.2. The predicted octanol–water partition coefficient (Wildman–Crippen LogP) is 5.60. The van der Waals surface area contributed by atoms with Crippen LogP contribution in [0.4, 0.5) is 0 Å². The van der Waals surface area contributed by atoms with Crippen LogP contribution in [0, 0.1) is 0 Å². The smallest absolute Gasteiger partial charge is 0.144 e. The molecule has 4 rings (SSSR count). The fourth-order valence-corrected chi connectivity index (χ4v) is 4.35. The van der Waals surface area contributed by atoms with Crippen molar-refractivity contribution in [2.45, 2.75) is 31.1 Å². The van der Waals surface area contributed by atoms with E-state index in [1.807, 2.05) is 51.5 Å². The molecule has 5 heteroatoms. The maximum absolute atomic E-state index is 12.4. The first-order valence-corrected chi connectivity index (χ1v) is 11.7.